The van der Waals surface area contributed by atoms with E-state index < -0.39 is 17.7 Å². The number of aromatic carboxylic acids is 1. The zero-order valence-corrected chi connectivity index (χ0v) is 11.5. The predicted molar refractivity (Wildman–Crippen MR) is 73.2 cm³/mol. The van der Waals surface area contributed by atoms with E-state index in [0.717, 1.165) is 6.20 Å². The number of hydrogen-bond acceptors (Lipinski definition) is 3. The number of para-hydroxylation sites is 1. The van der Waals surface area contributed by atoms with Crippen molar-refractivity contribution in [3.05, 3.63) is 58.1 Å². The highest BCUT2D eigenvalue weighted by molar-refractivity contribution is 9.10. The fourth-order valence-electron chi connectivity index (χ4n) is 1.46. The van der Waals surface area contributed by atoms with Crippen molar-refractivity contribution in [1.29, 1.82) is 0 Å². The Bertz CT molecular complexity index is 654. The number of pyridine rings is 1. The molecule has 0 atom stereocenters. The van der Waals surface area contributed by atoms with Crippen molar-refractivity contribution in [2.45, 2.75) is 0 Å². The van der Waals surface area contributed by atoms with Crippen molar-refractivity contribution < 1.29 is 19.1 Å². The second-order valence-electron chi connectivity index (χ2n) is 3.79. The highest BCUT2D eigenvalue weighted by Gasteiger charge is 2.13. The largest absolute Gasteiger partial charge is 0.477 e. The molecule has 0 aliphatic heterocycles. The minimum Gasteiger partial charge on any atom is -0.477 e. The molecule has 0 radical (unpaired) electrons. The highest BCUT2D eigenvalue weighted by Crippen LogP contribution is 2.25. The molecule has 1 aromatic heterocycles. The molecular weight excluding hydrogens is 331 g/mol. The van der Waals surface area contributed by atoms with Gasteiger partial charge in [0.05, 0.1) is 11.3 Å². The Morgan fingerprint density at radius 3 is 2.55 bits per heavy atom. The summed E-state index contributed by atoms with van der Waals surface area (Å²) in [7, 11) is 0. The summed E-state index contributed by atoms with van der Waals surface area (Å²) in [6.45, 7) is 0. The number of benzene rings is 1. The quantitative estimate of drug-likeness (QED) is 0.901. The Morgan fingerprint density at radius 2 is 2.00 bits per heavy atom. The molecule has 0 saturated heterocycles. The van der Waals surface area contributed by atoms with Gasteiger partial charge >= 0.3 is 5.97 Å². The number of nitrogens with zero attached hydrogens (tertiary/aromatic N) is 1. The Hall–Kier alpha value is -2.28. The second-order valence-corrected chi connectivity index (χ2v) is 4.64. The van der Waals surface area contributed by atoms with Gasteiger partial charge in [-0.1, -0.05) is 6.07 Å². The van der Waals surface area contributed by atoms with Gasteiger partial charge in [-0.3, -0.25) is 4.79 Å². The highest BCUT2D eigenvalue weighted by atomic mass is 79.9. The van der Waals surface area contributed by atoms with E-state index in [1.807, 2.05) is 0 Å². The zero-order valence-electron chi connectivity index (χ0n) is 9.93. The van der Waals surface area contributed by atoms with Gasteiger partial charge in [0, 0.05) is 10.7 Å². The van der Waals surface area contributed by atoms with Gasteiger partial charge in [-0.05, 0) is 40.2 Å². The first-order chi connectivity index (χ1) is 9.49. The van der Waals surface area contributed by atoms with Crippen LogP contribution in [0.25, 0.3) is 0 Å². The average molecular weight is 339 g/mol. The average Bonchev–Trinajstić information content (AvgIpc) is 2.43. The van der Waals surface area contributed by atoms with E-state index in [1.165, 1.54) is 24.3 Å². The van der Waals surface area contributed by atoms with Crippen molar-refractivity contribution in [2.75, 3.05) is 5.32 Å². The first kappa shape index (κ1) is 14.1. The van der Waals surface area contributed by atoms with Crippen LogP contribution in [0.2, 0.25) is 0 Å². The SMILES string of the molecule is O=C(Nc1c(F)cccc1Br)c1ccc(C(=O)O)nc1. The number of anilines is 1. The molecule has 1 amide bonds. The van der Waals surface area contributed by atoms with Crippen LogP contribution in [0.3, 0.4) is 0 Å². The van der Waals surface area contributed by atoms with Gasteiger partial charge in [-0.2, -0.15) is 0 Å². The Labute approximate surface area is 121 Å². The van der Waals surface area contributed by atoms with Crippen LogP contribution in [0, 0.1) is 5.82 Å². The molecule has 0 aliphatic rings. The number of halogens is 2. The van der Waals surface area contributed by atoms with Gasteiger partial charge in [0.25, 0.3) is 5.91 Å². The van der Waals surface area contributed by atoms with Gasteiger partial charge in [0.1, 0.15) is 11.5 Å². The Kier molecular flexibility index (Phi) is 4.09. The number of carboxylic acid groups (broad SMARTS) is 1. The van der Waals surface area contributed by atoms with E-state index in [4.69, 9.17) is 5.11 Å². The van der Waals surface area contributed by atoms with Crippen LogP contribution in [0.1, 0.15) is 20.8 Å². The summed E-state index contributed by atoms with van der Waals surface area (Å²) in [5.41, 5.74) is -0.0291. The molecule has 102 valence electrons. The zero-order chi connectivity index (χ0) is 14.7. The third-order valence-corrected chi connectivity index (χ3v) is 3.11. The van der Waals surface area contributed by atoms with Gasteiger partial charge in [0.15, 0.2) is 0 Å². The van der Waals surface area contributed by atoms with Gasteiger partial charge in [0.2, 0.25) is 0 Å². The van der Waals surface area contributed by atoms with Crippen LogP contribution >= 0.6 is 15.9 Å². The second kappa shape index (κ2) is 5.79. The maximum atomic E-state index is 13.6. The third kappa shape index (κ3) is 3.00. The molecule has 0 bridgehead atoms. The number of carboxylic acids is 1. The molecule has 20 heavy (non-hydrogen) atoms. The lowest BCUT2D eigenvalue weighted by molar-refractivity contribution is 0.0690. The van der Waals surface area contributed by atoms with Crippen LogP contribution in [-0.4, -0.2) is 22.0 Å². The minimum absolute atomic E-state index is 0.0137. The van der Waals surface area contributed by atoms with E-state index >= 15 is 0 Å². The lowest BCUT2D eigenvalue weighted by atomic mass is 10.2. The fraction of sp³-hybridized carbons (Fsp3) is 0. The maximum Gasteiger partial charge on any atom is 0.354 e. The summed E-state index contributed by atoms with van der Waals surface area (Å²) in [5.74, 6) is -2.35. The van der Waals surface area contributed by atoms with Gasteiger partial charge < -0.3 is 10.4 Å². The molecule has 0 aliphatic carbocycles. The fourth-order valence-corrected chi connectivity index (χ4v) is 1.90. The van der Waals surface area contributed by atoms with Crippen molar-refractivity contribution in [1.82, 2.24) is 4.98 Å². The van der Waals surface area contributed by atoms with Crippen molar-refractivity contribution in [3.63, 3.8) is 0 Å². The molecule has 7 heteroatoms. The molecule has 2 rings (SSSR count). The monoisotopic (exact) mass is 338 g/mol. The number of carbonyl (C=O) groups is 2. The minimum atomic E-state index is -1.19. The lowest BCUT2D eigenvalue weighted by Crippen LogP contribution is -2.14. The topological polar surface area (TPSA) is 79.3 Å². The molecular formula is C13H8BrFN2O3. The summed E-state index contributed by atoms with van der Waals surface area (Å²) in [5, 5.41) is 11.1. The maximum absolute atomic E-state index is 13.6. The molecule has 5 nitrogen and oxygen atoms in total. The number of hydrogen-bond donors (Lipinski definition) is 2. The molecule has 1 aromatic carbocycles. The predicted octanol–water partition coefficient (Wildman–Crippen LogP) is 2.93. The molecule has 0 spiro atoms. The van der Waals surface area contributed by atoms with Gasteiger partial charge in [-0.15, -0.1) is 0 Å². The van der Waals surface area contributed by atoms with E-state index in [0.29, 0.717) is 4.47 Å². The number of carbonyl (C=O) groups excluding carboxylic acids is 1. The van der Waals surface area contributed by atoms with E-state index in [-0.39, 0.29) is 16.9 Å². The summed E-state index contributed by atoms with van der Waals surface area (Å²) >= 11 is 3.13. The van der Waals surface area contributed by atoms with Crippen LogP contribution < -0.4 is 5.32 Å². The standard InChI is InChI=1S/C13H8BrFN2O3/c14-8-2-1-3-9(15)11(8)17-12(18)7-4-5-10(13(19)20)16-6-7/h1-6H,(H,17,18)(H,19,20). The van der Waals surface area contributed by atoms with Crippen molar-refractivity contribution in [2.24, 2.45) is 0 Å². The van der Waals surface area contributed by atoms with Crippen LogP contribution in [0.5, 0.6) is 0 Å². The van der Waals surface area contributed by atoms with Crippen LogP contribution in [0.4, 0.5) is 10.1 Å². The normalized spacial score (nSPS) is 10.1. The molecule has 1 heterocycles. The Morgan fingerprint density at radius 1 is 1.25 bits per heavy atom. The van der Waals surface area contributed by atoms with Gasteiger partial charge in [-0.25, -0.2) is 14.2 Å². The Balaban J connectivity index is 2.22. The summed E-state index contributed by atoms with van der Waals surface area (Å²) in [6.07, 6.45) is 1.12. The lowest BCUT2D eigenvalue weighted by Gasteiger charge is -2.08. The third-order valence-electron chi connectivity index (χ3n) is 2.45. The number of nitrogens with one attached hydrogen (secondary N) is 1. The molecule has 2 N–H and O–H groups in total. The molecule has 0 unspecified atom stereocenters. The van der Waals surface area contributed by atoms with Crippen LogP contribution in [-0.2, 0) is 0 Å². The van der Waals surface area contributed by atoms with E-state index in [1.54, 1.807) is 6.07 Å². The smallest absolute Gasteiger partial charge is 0.354 e. The summed E-state index contributed by atoms with van der Waals surface area (Å²) in [6, 6.07) is 6.81. The van der Waals surface area contributed by atoms with Crippen LogP contribution in [0.15, 0.2) is 41.0 Å². The summed E-state index contributed by atoms with van der Waals surface area (Å²) in [4.78, 5) is 26.2. The van der Waals surface area contributed by atoms with E-state index in [2.05, 4.69) is 26.2 Å². The number of rotatable bonds is 3. The first-order valence-corrected chi connectivity index (χ1v) is 6.23. The molecule has 2 aromatic rings. The van der Waals surface area contributed by atoms with Crippen molar-refractivity contribution >= 4 is 33.5 Å². The van der Waals surface area contributed by atoms with Crippen molar-refractivity contribution in [3.8, 4) is 0 Å². The summed E-state index contributed by atoms with van der Waals surface area (Å²) < 4.78 is 14.0. The number of aromatic nitrogens is 1. The van der Waals surface area contributed by atoms with E-state index in [9.17, 15) is 14.0 Å². The number of amides is 1. The molecule has 0 saturated carbocycles. The molecule has 0 fully saturated rings. The first-order valence-electron chi connectivity index (χ1n) is 5.44.